The van der Waals surface area contributed by atoms with Crippen molar-refractivity contribution >= 4 is 32.6 Å². The Kier molecular flexibility index (Phi) is 4.36. The normalized spacial score (nSPS) is 11.0. The molecule has 9 heteroatoms. The minimum Gasteiger partial charge on any atom is -0.280 e. The van der Waals surface area contributed by atoms with Gasteiger partial charge < -0.3 is 0 Å². The summed E-state index contributed by atoms with van der Waals surface area (Å²) < 4.78 is 15.6. The van der Waals surface area contributed by atoms with Crippen LogP contribution in [-0.4, -0.2) is 30.6 Å². The third-order valence-electron chi connectivity index (χ3n) is 3.68. The van der Waals surface area contributed by atoms with E-state index >= 15 is 0 Å². The number of carbonyl (C=O) groups is 1. The van der Waals surface area contributed by atoms with Crippen LogP contribution in [0.2, 0.25) is 0 Å². The molecule has 0 bridgehead atoms. The Hall–Kier alpha value is -3.20. The van der Waals surface area contributed by atoms with E-state index in [-0.39, 0.29) is 24.8 Å². The molecule has 0 radical (unpaired) electrons. The Morgan fingerprint density at radius 3 is 2.96 bits per heavy atom. The third-order valence-corrected chi connectivity index (χ3v) is 4.72. The lowest BCUT2D eigenvalue weighted by Gasteiger charge is -2.19. The van der Waals surface area contributed by atoms with Gasteiger partial charge >= 0.3 is 0 Å². The summed E-state index contributed by atoms with van der Waals surface area (Å²) in [4.78, 5) is 27.0. The van der Waals surface area contributed by atoms with Crippen molar-refractivity contribution in [3.63, 3.8) is 0 Å². The van der Waals surface area contributed by atoms with Gasteiger partial charge in [0.1, 0.15) is 25.0 Å². The van der Waals surface area contributed by atoms with Crippen LogP contribution < -0.4 is 4.90 Å². The van der Waals surface area contributed by atoms with E-state index in [0.717, 1.165) is 5.69 Å². The molecule has 3 aromatic heterocycles. The number of carbonyl (C=O) groups excluding carboxylic acids is 1. The van der Waals surface area contributed by atoms with Crippen LogP contribution in [0.25, 0.3) is 10.2 Å². The maximum atomic E-state index is 13.5. The fourth-order valence-corrected chi connectivity index (χ4v) is 3.46. The second kappa shape index (κ2) is 6.96. The Balaban J connectivity index is 1.69. The van der Waals surface area contributed by atoms with Gasteiger partial charge in [-0.25, -0.2) is 19.0 Å². The van der Waals surface area contributed by atoms with Gasteiger partial charge in [0.2, 0.25) is 0 Å². The van der Waals surface area contributed by atoms with E-state index < -0.39 is 0 Å². The van der Waals surface area contributed by atoms with E-state index in [0.29, 0.717) is 15.3 Å². The number of benzene rings is 1. The quantitative estimate of drug-likeness (QED) is 0.541. The van der Waals surface area contributed by atoms with E-state index in [9.17, 15) is 9.18 Å². The maximum Gasteiger partial charge on any atom is 0.250 e. The summed E-state index contributed by atoms with van der Waals surface area (Å²) in [5, 5.41) is 4.46. The summed E-state index contributed by atoms with van der Waals surface area (Å²) in [5.74, 6) is -0.543. The molecule has 1 aromatic carbocycles. The molecule has 0 N–H and O–H groups in total. The zero-order valence-corrected chi connectivity index (χ0v) is 14.3. The van der Waals surface area contributed by atoms with E-state index in [2.05, 4.69) is 20.1 Å². The van der Waals surface area contributed by atoms with Gasteiger partial charge in [-0.05, 0) is 30.3 Å². The van der Waals surface area contributed by atoms with Crippen LogP contribution in [0.3, 0.4) is 0 Å². The van der Waals surface area contributed by atoms with Crippen molar-refractivity contribution < 1.29 is 9.18 Å². The van der Waals surface area contributed by atoms with Crippen LogP contribution in [0.15, 0.2) is 55.2 Å². The van der Waals surface area contributed by atoms with Gasteiger partial charge in [0.25, 0.3) is 5.91 Å². The molecule has 4 rings (SSSR count). The predicted molar refractivity (Wildman–Crippen MR) is 95.0 cm³/mol. The highest BCUT2D eigenvalue weighted by atomic mass is 32.1. The molecule has 0 aliphatic carbocycles. The number of pyridine rings is 1. The minimum atomic E-state index is -0.335. The molecule has 0 atom stereocenters. The average Bonchev–Trinajstić information content (AvgIpc) is 3.29. The summed E-state index contributed by atoms with van der Waals surface area (Å²) in [7, 11) is 0. The van der Waals surface area contributed by atoms with Gasteiger partial charge in [0.15, 0.2) is 5.13 Å². The first-order chi connectivity index (χ1) is 12.7. The fraction of sp³-hybridized carbons (Fsp3) is 0.118. The van der Waals surface area contributed by atoms with Gasteiger partial charge in [-0.15, -0.1) is 0 Å². The lowest BCUT2D eigenvalue weighted by atomic mass is 10.3. The minimum absolute atomic E-state index is 0.0249. The van der Waals surface area contributed by atoms with Crippen molar-refractivity contribution in [2.75, 3.05) is 4.90 Å². The van der Waals surface area contributed by atoms with E-state index in [4.69, 9.17) is 0 Å². The van der Waals surface area contributed by atoms with Gasteiger partial charge in [0.05, 0.1) is 22.5 Å². The van der Waals surface area contributed by atoms with E-state index in [1.54, 1.807) is 12.3 Å². The SMILES string of the molecule is O=C(Cn1cncn1)N(Cc1ccccn1)c1nc2ccc(F)cc2s1. The van der Waals surface area contributed by atoms with Crippen LogP contribution in [0.4, 0.5) is 9.52 Å². The summed E-state index contributed by atoms with van der Waals surface area (Å²) in [5.41, 5.74) is 1.37. The summed E-state index contributed by atoms with van der Waals surface area (Å²) in [6.45, 7) is 0.286. The number of halogens is 1. The molecular formula is C17H13FN6OS. The van der Waals surface area contributed by atoms with Crippen molar-refractivity contribution in [2.45, 2.75) is 13.1 Å². The first-order valence-corrected chi connectivity index (χ1v) is 8.59. The van der Waals surface area contributed by atoms with Crippen molar-refractivity contribution in [3.8, 4) is 0 Å². The van der Waals surface area contributed by atoms with E-state index in [1.165, 1.54) is 45.7 Å². The van der Waals surface area contributed by atoms with Gasteiger partial charge in [-0.3, -0.25) is 14.7 Å². The molecule has 4 aromatic rings. The highest BCUT2D eigenvalue weighted by Crippen LogP contribution is 2.30. The first-order valence-electron chi connectivity index (χ1n) is 7.78. The Morgan fingerprint density at radius 2 is 2.19 bits per heavy atom. The molecule has 0 spiro atoms. The third kappa shape index (κ3) is 3.42. The molecule has 0 saturated heterocycles. The number of anilines is 1. The number of fused-ring (bicyclic) bond motifs is 1. The molecular weight excluding hydrogens is 355 g/mol. The molecule has 0 aliphatic rings. The van der Waals surface area contributed by atoms with Crippen LogP contribution in [-0.2, 0) is 17.9 Å². The highest BCUT2D eigenvalue weighted by molar-refractivity contribution is 7.22. The molecule has 0 saturated carbocycles. The van der Waals surface area contributed by atoms with Crippen molar-refractivity contribution in [1.29, 1.82) is 0 Å². The molecule has 7 nitrogen and oxygen atoms in total. The summed E-state index contributed by atoms with van der Waals surface area (Å²) in [6.07, 6.45) is 4.52. The van der Waals surface area contributed by atoms with Crippen LogP contribution in [0.1, 0.15) is 5.69 Å². The summed E-state index contributed by atoms with van der Waals surface area (Å²) in [6, 6.07) is 9.87. The molecule has 0 unspecified atom stereocenters. The van der Waals surface area contributed by atoms with Crippen LogP contribution >= 0.6 is 11.3 Å². The standard InChI is InChI=1S/C17H13FN6OS/c18-12-4-5-14-15(7-12)26-17(22-14)24(8-13-3-1-2-6-20-13)16(25)9-23-11-19-10-21-23/h1-7,10-11H,8-9H2. The van der Waals surface area contributed by atoms with Crippen LogP contribution in [0.5, 0.6) is 0 Å². The number of aromatic nitrogens is 5. The van der Waals surface area contributed by atoms with E-state index in [1.807, 2.05) is 18.2 Å². The lowest BCUT2D eigenvalue weighted by molar-refractivity contribution is -0.119. The number of nitrogens with zero attached hydrogens (tertiary/aromatic N) is 6. The number of thiazole rings is 1. The highest BCUT2D eigenvalue weighted by Gasteiger charge is 2.21. The van der Waals surface area contributed by atoms with Gasteiger partial charge in [0, 0.05) is 6.20 Å². The Labute approximate surface area is 151 Å². The fourth-order valence-electron chi connectivity index (χ4n) is 2.46. The largest absolute Gasteiger partial charge is 0.280 e. The average molecular weight is 368 g/mol. The first kappa shape index (κ1) is 16.3. The van der Waals surface area contributed by atoms with Gasteiger partial charge in [-0.2, -0.15) is 5.10 Å². The molecule has 1 amide bonds. The molecule has 130 valence electrons. The Bertz CT molecular complexity index is 1030. The zero-order valence-electron chi connectivity index (χ0n) is 13.5. The number of rotatable bonds is 5. The van der Waals surface area contributed by atoms with Crippen molar-refractivity contribution in [1.82, 2.24) is 24.7 Å². The molecule has 26 heavy (non-hydrogen) atoms. The number of amides is 1. The maximum absolute atomic E-state index is 13.5. The topological polar surface area (TPSA) is 76.8 Å². The second-order valence-electron chi connectivity index (χ2n) is 5.50. The predicted octanol–water partition coefficient (Wildman–Crippen LogP) is 2.66. The monoisotopic (exact) mass is 368 g/mol. The second-order valence-corrected chi connectivity index (χ2v) is 6.51. The number of hydrogen-bond acceptors (Lipinski definition) is 6. The molecule has 0 fully saturated rings. The van der Waals surface area contributed by atoms with Crippen LogP contribution in [0, 0.1) is 5.82 Å². The lowest BCUT2D eigenvalue weighted by Crippen LogP contribution is -2.33. The Morgan fingerprint density at radius 1 is 1.27 bits per heavy atom. The number of hydrogen-bond donors (Lipinski definition) is 0. The smallest absolute Gasteiger partial charge is 0.250 e. The zero-order chi connectivity index (χ0) is 17.9. The van der Waals surface area contributed by atoms with Crippen molar-refractivity contribution in [2.24, 2.45) is 0 Å². The molecule has 3 heterocycles. The summed E-state index contributed by atoms with van der Waals surface area (Å²) >= 11 is 1.26. The molecule has 0 aliphatic heterocycles. The van der Waals surface area contributed by atoms with Crippen molar-refractivity contribution in [3.05, 3.63) is 66.8 Å². The van der Waals surface area contributed by atoms with Gasteiger partial charge in [-0.1, -0.05) is 17.4 Å².